The van der Waals surface area contributed by atoms with E-state index in [1.54, 1.807) is 0 Å². The molecule has 1 aliphatic heterocycles. The van der Waals surface area contributed by atoms with Crippen LogP contribution >= 0.6 is 24.0 Å². The standard InChI is InChI=1S/C25H37N5.HI/c1-4-26-25(27-18-21-10-12-23(13-11-21)19-29(2)3)28-24-14-16-30(17-15-24)20-22-8-6-5-7-9-22;/h5-13,24H,4,14-20H2,1-3H3,(H2,26,27,28);1H. The third-order valence-corrected chi connectivity index (χ3v) is 5.46. The maximum Gasteiger partial charge on any atom is 0.191 e. The van der Waals surface area contributed by atoms with E-state index >= 15 is 0 Å². The highest BCUT2D eigenvalue weighted by molar-refractivity contribution is 14.0. The van der Waals surface area contributed by atoms with Crippen LogP contribution in [0.4, 0.5) is 0 Å². The van der Waals surface area contributed by atoms with Gasteiger partial charge in [-0.05, 0) is 50.6 Å². The monoisotopic (exact) mass is 535 g/mol. The highest BCUT2D eigenvalue weighted by Gasteiger charge is 2.20. The molecule has 0 aliphatic carbocycles. The summed E-state index contributed by atoms with van der Waals surface area (Å²) in [7, 11) is 4.19. The summed E-state index contributed by atoms with van der Waals surface area (Å²) in [5.41, 5.74) is 3.97. The van der Waals surface area contributed by atoms with E-state index in [0.717, 1.165) is 51.5 Å². The molecule has 0 amide bonds. The molecule has 1 fully saturated rings. The normalized spacial score (nSPS) is 15.5. The zero-order chi connectivity index (χ0) is 21.2. The van der Waals surface area contributed by atoms with Crippen LogP contribution in [0.1, 0.15) is 36.5 Å². The lowest BCUT2D eigenvalue weighted by atomic mass is 10.0. The summed E-state index contributed by atoms with van der Waals surface area (Å²) in [6.45, 7) is 7.96. The van der Waals surface area contributed by atoms with Crippen LogP contribution in [0.2, 0.25) is 0 Å². The summed E-state index contributed by atoms with van der Waals surface area (Å²) in [5.74, 6) is 0.927. The molecule has 0 atom stereocenters. The highest BCUT2D eigenvalue weighted by Crippen LogP contribution is 2.14. The Kier molecular flexibility index (Phi) is 11.3. The second-order valence-corrected chi connectivity index (χ2v) is 8.43. The van der Waals surface area contributed by atoms with E-state index in [2.05, 4.69) is 96.0 Å². The van der Waals surface area contributed by atoms with Crippen molar-refractivity contribution in [3.63, 3.8) is 0 Å². The van der Waals surface area contributed by atoms with Crippen molar-refractivity contribution in [1.82, 2.24) is 20.4 Å². The zero-order valence-electron chi connectivity index (χ0n) is 19.2. The summed E-state index contributed by atoms with van der Waals surface area (Å²) >= 11 is 0. The van der Waals surface area contributed by atoms with Crippen LogP contribution < -0.4 is 10.6 Å². The Labute approximate surface area is 205 Å². The van der Waals surface area contributed by atoms with Crippen molar-refractivity contribution in [3.8, 4) is 0 Å². The number of likely N-dealkylation sites (tertiary alicyclic amines) is 1. The number of nitrogens with zero attached hydrogens (tertiary/aromatic N) is 3. The van der Waals surface area contributed by atoms with Gasteiger partial charge < -0.3 is 15.5 Å². The number of rotatable bonds is 8. The van der Waals surface area contributed by atoms with E-state index in [-0.39, 0.29) is 24.0 Å². The lowest BCUT2D eigenvalue weighted by Gasteiger charge is -2.33. The quantitative estimate of drug-likeness (QED) is 0.304. The maximum atomic E-state index is 4.83. The molecular formula is C25H38IN5. The van der Waals surface area contributed by atoms with Crippen molar-refractivity contribution in [2.75, 3.05) is 33.7 Å². The first-order valence-corrected chi connectivity index (χ1v) is 11.2. The number of piperidine rings is 1. The fraction of sp³-hybridized carbons (Fsp3) is 0.480. The molecule has 1 heterocycles. The maximum absolute atomic E-state index is 4.83. The number of halogens is 1. The van der Waals surface area contributed by atoms with Crippen LogP contribution in [0, 0.1) is 0 Å². The van der Waals surface area contributed by atoms with Crippen molar-refractivity contribution >= 4 is 29.9 Å². The van der Waals surface area contributed by atoms with E-state index in [1.807, 2.05) is 0 Å². The van der Waals surface area contributed by atoms with Crippen molar-refractivity contribution in [2.24, 2.45) is 4.99 Å². The number of aliphatic imine (C=N–C) groups is 1. The molecule has 6 heteroatoms. The molecule has 2 N–H and O–H groups in total. The lowest BCUT2D eigenvalue weighted by Crippen LogP contribution is -2.48. The highest BCUT2D eigenvalue weighted by atomic mass is 127. The minimum atomic E-state index is 0. The molecule has 31 heavy (non-hydrogen) atoms. The average molecular weight is 536 g/mol. The van der Waals surface area contributed by atoms with Crippen LogP contribution in [-0.2, 0) is 19.6 Å². The van der Waals surface area contributed by atoms with Crippen LogP contribution in [-0.4, -0.2) is 55.5 Å². The van der Waals surface area contributed by atoms with Gasteiger partial charge in [0.05, 0.1) is 6.54 Å². The second-order valence-electron chi connectivity index (χ2n) is 8.43. The van der Waals surface area contributed by atoms with Gasteiger partial charge in [0.1, 0.15) is 0 Å². The van der Waals surface area contributed by atoms with E-state index in [9.17, 15) is 0 Å². The summed E-state index contributed by atoms with van der Waals surface area (Å²) < 4.78 is 0. The molecular weight excluding hydrogens is 497 g/mol. The van der Waals surface area contributed by atoms with E-state index in [0.29, 0.717) is 12.6 Å². The third kappa shape index (κ3) is 9.17. The molecule has 2 aromatic rings. The molecule has 0 radical (unpaired) electrons. The van der Waals surface area contributed by atoms with Crippen LogP contribution in [0.3, 0.4) is 0 Å². The van der Waals surface area contributed by atoms with Gasteiger partial charge in [-0.25, -0.2) is 4.99 Å². The fourth-order valence-corrected chi connectivity index (χ4v) is 3.88. The summed E-state index contributed by atoms with van der Waals surface area (Å²) in [4.78, 5) is 9.56. The third-order valence-electron chi connectivity index (χ3n) is 5.46. The predicted octanol–water partition coefficient (Wildman–Crippen LogP) is 4.09. The first-order chi connectivity index (χ1) is 14.6. The molecule has 0 saturated carbocycles. The summed E-state index contributed by atoms with van der Waals surface area (Å²) in [6.07, 6.45) is 2.30. The van der Waals surface area contributed by atoms with Gasteiger partial charge in [0.15, 0.2) is 5.96 Å². The Balaban J connectivity index is 0.00000341. The molecule has 3 rings (SSSR count). The Morgan fingerprint density at radius 1 is 0.968 bits per heavy atom. The molecule has 1 saturated heterocycles. The van der Waals surface area contributed by atoms with Gasteiger partial charge in [0.25, 0.3) is 0 Å². The van der Waals surface area contributed by atoms with Crippen molar-refractivity contribution in [3.05, 3.63) is 71.3 Å². The largest absolute Gasteiger partial charge is 0.357 e. The summed E-state index contributed by atoms with van der Waals surface area (Å²) in [5, 5.41) is 7.06. The minimum Gasteiger partial charge on any atom is -0.357 e. The van der Waals surface area contributed by atoms with Crippen LogP contribution in [0.15, 0.2) is 59.6 Å². The Morgan fingerprint density at radius 2 is 1.61 bits per heavy atom. The Bertz CT molecular complexity index is 768. The molecule has 0 bridgehead atoms. The first-order valence-electron chi connectivity index (χ1n) is 11.2. The number of hydrogen-bond donors (Lipinski definition) is 2. The topological polar surface area (TPSA) is 42.9 Å². The van der Waals surface area contributed by atoms with Gasteiger partial charge in [-0.1, -0.05) is 54.6 Å². The lowest BCUT2D eigenvalue weighted by molar-refractivity contribution is 0.198. The van der Waals surface area contributed by atoms with Crippen molar-refractivity contribution in [2.45, 2.75) is 45.4 Å². The van der Waals surface area contributed by atoms with Gasteiger partial charge in [0.2, 0.25) is 0 Å². The fourth-order valence-electron chi connectivity index (χ4n) is 3.88. The molecule has 170 valence electrons. The SMILES string of the molecule is CCNC(=NCc1ccc(CN(C)C)cc1)NC1CCN(Cc2ccccc2)CC1.I. The van der Waals surface area contributed by atoms with Gasteiger partial charge in [0, 0.05) is 38.8 Å². The number of nitrogens with one attached hydrogen (secondary N) is 2. The van der Waals surface area contributed by atoms with Crippen LogP contribution in [0.5, 0.6) is 0 Å². The van der Waals surface area contributed by atoms with E-state index in [4.69, 9.17) is 4.99 Å². The number of benzene rings is 2. The van der Waals surface area contributed by atoms with Crippen molar-refractivity contribution < 1.29 is 0 Å². The smallest absolute Gasteiger partial charge is 0.191 e. The van der Waals surface area contributed by atoms with Gasteiger partial charge in [-0.3, -0.25) is 4.90 Å². The molecule has 5 nitrogen and oxygen atoms in total. The first kappa shape index (κ1) is 25.6. The molecule has 0 unspecified atom stereocenters. The second kappa shape index (κ2) is 13.7. The van der Waals surface area contributed by atoms with Gasteiger partial charge in [-0.15, -0.1) is 24.0 Å². The zero-order valence-corrected chi connectivity index (χ0v) is 21.5. The molecule has 0 aromatic heterocycles. The minimum absolute atomic E-state index is 0. The number of guanidine groups is 1. The Hall–Kier alpha value is -1.64. The van der Waals surface area contributed by atoms with E-state index < -0.39 is 0 Å². The van der Waals surface area contributed by atoms with Crippen LogP contribution in [0.25, 0.3) is 0 Å². The molecule has 2 aromatic carbocycles. The van der Waals surface area contributed by atoms with Gasteiger partial charge in [-0.2, -0.15) is 0 Å². The van der Waals surface area contributed by atoms with E-state index in [1.165, 1.54) is 16.7 Å². The molecule has 1 aliphatic rings. The van der Waals surface area contributed by atoms with Crippen molar-refractivity contribution in [1.29, 1.82) is 0 Å². The predicted molar refractivity (Wildman–Crippen MR) is 142 cm³/mol. The van der Waals surface area contributed by atoms with Gasteiger partial charge >= 0.3 is 0 Å². The average Bonchev–Trinajstić information content (AvgIpc) is 2.75. The Morgan fingerprint density at radius 3 is 2.23 bits per heavy atom. The summed E-state index contributed by atoms with van der Waals surface area (Å²) in [6, 6.07) is 20.0. The number of hydrogen-bond acceptors (Lipinski definition) is 3. The molecule has 0 spiro atoms.